The van der Waals surface area contributed by atoms with E-state index < -0.39 is 0 Å². The molecule has 0 spiro atoms. The highest BCUT2D eigenvalue weighted by Crippen LogP contribution is 2.24. The molecular formula is C12H24N2O2. The molecule has 2 saturated heterocycles. The summed E-state index contributed by atoms with van der Waals surface area (Å²) in [5.41, 5.74) is -0.346. The van der Waals surface area contributed by atoms with Gasteiger partial charge in [0.1, 0.15) is 0 Å². The molecule has 2 rings (SSSR count). The lowest BCUT2D eigenvalue weighted by molar-refractivity contribution is 0.0110. The maximum Gasteiger partial charge on any atom is 0.0519 e. The SMILES string of the molecule is CC(CO)(CO)CN1CCN2CCCC2C1. The first kappa shape index (κ1) is 12.3. The van der Waals surface area contributed by atoms with Gasteiger partial charge in [0.05, 0.1) is 13.2 Å². The van der Waals surface area contributed by atoms with E-state index in [4.69, 9.17) is 0 Å². The zero-order valence-corrected chi connectivity index (χ0v) is 10.2. The minimum absolute atomic E-state index is 0.0639. The van der Waals surface area contributed by atoms with E-state index in [1.165, 1.54) is 19.4 Å². The Labute approximate surface area is 97.9 Å². The summed E-state index contributed by atoms with van der Waals surface area (Å²) >= 11 is 0. The molecule has 2 aliphatic heterocycles. The average Bonchev–Trinajstić information content (AvgIpc) is 2.76. The first-order valence-corrected chi connectivity index (χ1v) is 6.35. The van der Waals surface area contributed by atoms with Crippen molar-refractivity contribution in [3.8, 4) is 0 Å². The number of hydrogen-bond donors (Lipinski definition) is 2. The van der Waals surface area contributed by atoms with Crippen molar-refractivity contribution in [2.45, 2.75) is 25.8 Å². The molecule has 0 saturated carbocycles. The Balaban J connectivity index is 1.87. The third kappa shape index (κ3) is 2.56. The van der Waals surface area contributed by atoms with Gasteiger partial charge in [-0.3, -0.25) is 9.80 Å². The number of aliphatic hydroxyl groups excluding tert-OH is 2. The van der Waals surface area contributed by atoms with Crippen LogP contribution in [0.2, 0.25) is 0 Å². The second-order valence-corrected chi connectivity index (χ2v) is 5.69. The first-order valence-electron chi connectivity index (χ1n) is 6.35. The van der Waals surface area contributed by atoms with Crippen LogP contribution in [-0.4, -0.2) is 72.0 Å². The zero-order chi connectivity index (χ0) is 11.6. The van der Waals surface area contributed by atoms with Crippen molar-refractivity contribution in [2.24, 2.45) is 5.41 Å². The maximum absolute atomic E-state index is 9.31. The summed E-state index contributed by atoms with van der Waals surface area (Å²) < 4.78 is 0. The van der Waals surface area contributed by atoms with Crippen LogP contribution in [-0.2, 0) is 0 Å². The monoisotopic (exact) mass is 228 g/mol. The molecule has 1 unspecified atom stereocenters. The second kappa shape index (κ2) is 5.00. The molecule has 0 aromatic heterocycles. The molecule has 4 nitrogen and oxygen atoms in total. The van der Waals surface area contributed by atoms with Crippen molar-refractivity contribution in [1.82, 2.24) is 9.80 Å². The minimum Gasteiger partial charge on any atom is -0.396 e. The van der Waals surface area contributed by atoms with Crippen LogP contribution < -0.4 is 0 Å². The predicted molar refractivity (Wildman–Crippen MR) is 63.3 cm³/mol. The van der Waals surface area contributed by atoms with E-state index >= 15 is 0 Å². The molecule has 2 N–H and O–H groups in total. The Bertz CT molecular complexity index is 231. The standard InChI is InChI=1S/C12H24N2O2/c1-12(9-15,10-16)8-13-5-6-14-4-2-3-11(14)7-13/h11,15-16H,2-10H2,1H3. The first-order chi connectivity index (χ1) is 7.67. The van der Waals surface area contributed by atoms with Gasteiger partial charge in [0.25, 0.3) is 0 Å². The normalized spacial score (nSPS) is 28.3. The summed E-state index contributed by atoms with van der Waals surface area (Å²) in [4.78, 5) is 4.98. The lowest BCUT2D eigenvalue weighted by Crippen LogP contribution is -2.53. The van der Waals surface area contributed by atoms with Gasteiger partial charge in [0, 0.05) is 37.6 Å². The quantitative estimate of drug-likeness (QED) is 0.697. The highest BCUT2D eigenvalue weighted by atomic mass is 16.3. The molecule has 16 heavy (non-hydrogen) atoms. The van der Waals surface area contributed by atoms with Gasteiger partial charge < -0.3 is 10.2 Å². The van der Waals surface area contributed by atoms with Crippen LogP contribution in [0.15, 0.2) is 0 Å². The number of rotatable bonds is 4. The minimum atomic E-state index is -0.346. The molecular weight excluding hydrogens is 204 g/mol. The predicted octanol–water partition coefficient (Wildman–Crippen LogP) is -0.243. The van der Waals surface area contributed by atoms with Crippen LogP contribution >= 0.6 is 0 Å². The van der Waals surface area contributed by atoms with E-state index in [0.717, 1.165) is 32.2 Å². The molecule has 0 amide bonds. The maximum atomic E-state index is 9.31. The number of fused-ring (bicyclic) bond motifs is 1. The Hall–Kier alpha value is -0.160. The lowest BCUT2D eigenvalue weighted by Gasteiger charge is -2.41. The van der Waals surface area contributed by atoms with Crippen LogP contribution in [0.25, 0.3) is 0 Å². The number of aliphatic hydroxyl groups is 2. The van der Waals surface area contributed by atoms with Crippen LogP contribution in [0.3, 0.4) is 0 Å². The van der Waals surface area contributed by atoms with E-state index in [-0.39, 0.29) is 18.6 Å². The molecule has 0 bridgehead atoms. The van der Waals surface area contributed by atoms with Gasteiger partial charge in [-0.1, -0.05) is 6.92 Å². The van der Waals surface area contributed by atoms with Crippen molar-refractivity contribution in [2.75, 3.05) is 45.9 Å². The second-order valence-electron chi connectivity index (χ2n) is 5.69. The van der Waals surface area contributed by atoms with Gasteiger partial charge in [-0.05, 0) is 19.4 Å². The zero-order valence-electron chi connectivity index (χ0n) is 10.2. The fraction of sp³-hybridized carbons (Fsp3) is 1.00. The molecule has 0 aliphatic carbocycles. The molecule has 4 heteroatoms. The van der Waals surface area contributed by atoms with Crippen LogP contribution in [0.4, 0.5) is 0 Å². The Morgan fingerprint density at radius 1 is 1.19 bits per heavy atom. The summed E-state index contributed by atoms with van der Waals surface area (Å²) in [6.07, 6.45) is 2.64. The lowest BCUT2D eigenvalue weighted by atomic mass is 9.91. The highest BCUT2D eigenvalue weighted by Gasteiger charge is 2.33. The molecule has 2 fully saturated rings. The van der Waals surface area contributed by atoms with E-state index in [1.54, 1.807) is 0 Å². The largest absolute Gasteiger partial charge is 0.396 e. The third-order valence-electron chi connectivity index (χ3n) is 4.04. The summed E-state index contributed by atoms with van der Waals surface area (Å²) in [6.45, 7) is 7.48. The van der Waals surface area contributed by atoms with Gasteiger partial charge in [0.15, 0.2) is 0 Å². The van der Waals surface area contributed by atoms with Crippen molar-refractivity contribution in [3.05, 3.63) is 0 Å². The van der Waals surface area contributed by atoms with Gasteiger partial charge in [-0.2, -0.15) is 0 Å². The number of hydrogen-bond acceptors (Lipinski definition) is 4. The van der Waals surface area contributed by atoms with Crippen LogP contribution in [0, 0.1) is 5.41 Å². The van der Waals surface area contributed by atoms with Gasteiger partial charge in [-0.25, -0.2) is 0 Å². The Morgan fingerprint density at radius 2 is 1.94 bits per heavy atom. The summed E-state index contributed by atoms with van der Waals surface area (Å²) in [7, 11) is 0. The average molecular weight is 228 g/mol. The number of nitrogens with zero attached hydrogens (tertiary/aromatic N) is 2. The Morgan fingerprint density at radius 3 is 2.62 bits per heavy atom. The molecule has 0 aromatic rings. The topological polar surface area (TPSA) is 46.9 Å². The van der Waals surface area contributed by atoms with E-state index in [2.05, 4.69) is 9.80 Å². The molecule has 2 heterocycles. The van der Waals surface area contributed by atoms with Gasteiger partial charge in [0.2, 0.25) is 0 Å². The fourth-order valence-electron chi connectivity index (χ4n) is 2.89. The van der Waals surface area contributed by atoms with E-state index in [0.29, 0.717) is 0 Å². The van der Waals surface area contributed by atoms with Gasteiger partial charge >= 0.3 is 0 Å². The molecule has 0 aromatic carbocycles. The smallest absolute Gasteiger partial charge is 0.0519 e. The number of piperazine rings is 1. The highest BCUT2D eigenvalue weighted by molar-refractivity contribution is 4.89. The third-order valence-corrected chi connectivity index (χ3v) is 4.04. The van der Waals surface area contributed by atoms with Gasteiger partial charge in [-0.15, -0.1) is 0 Å². The van der Waals surface area contributed by atoms with Crippen molar-refractivity contribution >= 4 is 0 Å². The molecule has 94 valence electrons. The van der Waals surface area contributed by atoms with E-state index in [9.17, 15) is 10.2 Å². The molecule has 0 radical (unpaired) electrons. The molecule has 1 atom stereocenters. The van der Waals surface area contributed by atoms with Crippen molar-refractivity contribution < 1.29 is 10.2 Å². The fourth-order valence-corrected chi connectivity index (χ4v) is 2.89. The molecule has 2 aliphatic rings. The Kier molecular flexibility index (Phi) is 3.85. The summed E-state index contributed by atoms with van der Waals surface area (Å²) in [6, 6.07) is 0.718. The summed E-state index contributed by atoms with van der Waals surface area (Å²) in [5, 5.41) is 18.6. The van der Waals surface area contributed by atoms with Crippen LogP contribution in [0.1, 0.15) is 19.8 Å². The summed E-state index contributed by atoms with van der Waals surface area (Å²) in [5.74, 6) is 0. The van der Waals surface area contributed by atoms with Crippen molar-refractivity contribution in [3.63, 3.8) is 0 Å². The van der Waals surface area contributed by atoms with Crippen LogP contribution in [0.5, 0.6) is 0 Å². The van der Waals surface area contributed by atoms with Crippen molar-refractivity contribution in [1.29, 1.82) is 0 Å². The van der Waals surface area contributed by atoms with E-state index in [1.807, 2.05) is 6.92 Å².